The monoisotopic (exact) mass is 1090 g/mol. The van der Waals surface area contributed by atoms with E-state index in [1.54, 1.807) is 0 Å². The number of esters is 1. The lowest BCUT2D eigenvalue weighted by molar-refractivity contribution is -0.378. The Hall–Kier alpha value is -1.67. The number of aliphatic hydroxyl groups excluding tert-OH is 12. The highest BCUT2D eigenvalue weighted by molar-refractivity contribution is 5.74. The maximum absolute atomic E-state index is 12.7. The van der Waals surface area contributed by atoms with E-state index in [0.29, 0.717) is 38.5 Å². The van der Waals surface area contributed by atoms with Crippen molar-refractivity contribution in [1.82, 2.24) is 0 Å². The molecule has 6 heterocycles. The molecule has 8 fully saturated rings. The Morgan fingerprint density at radius 1 is 0.658 bits per heavy atom. The fourth-order valence-electron chi connectivity index (χ4n) is 16.3. The van der Waals surface area contributed by atoms with Crippen LogP contribution in [0.3, 0.4) is 0 Å². The predicted octanol–water partition coefficient (Wildman–Crippen LogP) is -2.92. The maximum atomic E-state index is 12.7. The molecule has 434 valence electrons. The average Bonchev–Trinajstić information content (AvgIpc) is 4.06. The second-order valence-corrected chi connectivity index (χ2v) is 24.8. The van der Waals surface area contributed by atoms with Gasteiger partial charge in [-0.1, -0.05) is 45.8 Å². The van der Waals surface area contributed by atoms with E-state index >= 15 is 0 Å². The summed E-state index contributed by atoms with van der Waals surface area (Å²) in [4.78, 5) is 12.7. The number of fused-ring (bicyclic) bond motifs is 5. The Bertz CT molecular complexity index is 2150. The normalized spacial score (nSPS) is 54.0. The van der Waals surface area contributed by atoms with Gasteiger partial charge in [0.15, 0.2) is 25.2 Å². The molecule has 2 saturated carbocycles. The lowest BCUT2D eigenvalue weighted by Crippen LogP contribution is -2.65. The molecule has 0 aromatic heterocycles. The van der Waals surface area contributed by atoms with Crippen LogP contribution >= 0.6 is 0 Å². The molecule has 10 aliphatic rings. The summed E-state index contributed by atoms with van der Waals surface area (Å²) in [5.74, 6) is -1.48. The highest BCUT2D eigenvalue weighted by Crippen LogP contribution is 2.76. The molecular formula is C52H82O24. The van der Waals surface area contributed by atoms with Crippen molar-refractivity contribution in [2.45, 2.75) is 220 Å². The topological polar surface area (TPSA) is 372 Å². The van der Waals surface area contributed by atoms with Crippen molar-refractivity contribution in [3.63, 3.8) is 0 Å². The van der Waals surface area contributed by atoms with Crippen LogP contribution in [0, 0.1) is 39.4 Å². The molecule has 0 radical (unpaired) electrons. The first kappa shape index (κ1) is 57.6. The van der Waals surface area contributed by atoms with Gasteiger partial charge < -0.3 is 114 Å². The number of rotatable bonds is 13. The SMILES string of the molecule is C[C@@H]1C[C@@]2(C[C@H](C)[C@@]3(CC[C@]4(C)C5=C(CC[C@@]43C)[C@@]3(C)CC[C@@H](O[C@@H]4O[C@H](CO[C@@H]6OC[C@@H](O)[C@H](O)[C@@H]6O[C@H]6O[C@@H](CO)[C@H](O)[C@@H](O)[C@@H]6O[C@@H]6OC[C@@](O)(CO)[C@H]6O)[C@@H](O)[C@@H](O)[C@H]4O)C(CO)(CO)[C@@H]3CC5)O2)OC1=O. The second kappa shape index (κ2) is 20.6. The summed E-state index contributed by atoms with van der Waals surface area (Å²) in [6, 6.07) is 0. The number of aliphatic hydroxyl groups is 13. The predicted molar refractivity (Wildman–Crippen MR) is 253 cm³/mol. The van der Waals surface area contributed by atoms with Crippen molar-refractivity contribution in [2.24, 2.45) is 39.4 Å². The van der Waals surface area contributed by atoms with Crippen LogP contribution in [-0.4, -0.2) is 240 Å². The number of carbonyl (C=O) groups is 1. The van der Waals surface area contributed by atoms with Gasteiger partial charge in [0.1, 0.15) is 78.8 Å². The summed E-state index contributed by atoms with van der Waals surface area (Å²) in [6.07, 6.45) is -21.8. The Labute approximate surface area is 440 Å². The standard InChI is InChI=1S/C52H82O24/c1-23-14-51(75-41(23)65)15-24(2)52(76-51)13-12-47(4)26-6-7-30-46(3,25(26)8-11-48(47,52)5)10-9-31(49(30,19-54)20-55)72-42-37(63)35(61)34(60)29(71-42)18-68-43-38(32(58)27(57)17-67-43)73-44-39(36(62)33(59)28(16-53)70-44)74-45-40(64)50(66,21-56)22-69-45/h23-24,27-40,42-45,53-64,66H,6-22H2,1-5H3/t23-,24+,27-,28+,29-,30-,31-,32+,33+,34-,35-,36-,37-,38+,39+,40+,42+,43+,44-,45+,46-,47-,48+,50+,51-,52-/m1/s1. The van der Waals surface area contributed by atoms with Gasteiger partial charge in [0.2, 0.25) is 5.79 Å². The van der Waals surface area contributed by atoms with Gasteiger partial charge in [-0.15, -0.1) is 0 Å². The molecule has 0 aromatic rings. The minimum Gasteiger partial charge on any atom is -0.433 e. The van der Waals surface area contributed by atoms with Gasteiger partial charge in [-0.25, -0.2) is 0 Å². The molecule has 2 spiro atoms. The van der Waals surface area contributed by atoms with Crippen molar-refractivity contribution in [3.05, 3.63) is 11.1 Å². The van der Waals surface area contributed by atoms with Gasteiger partial charge in [-0.05, 0) is 74.0 Å². The summed E-state index contributed by atoms with van der Waals surface area (Å²) in [5, 5.41) is 142. The van der Waals surface area contributed by atoms with Gasteiger partial charge in [-0.2, -0.15) is 0 Å². The first-order valence-corrected chi connectivity index (χ1v) is 27.2. The Morgan fingerprint density at radius 2 is 1.34 bits per heavy atom. The molecule has 0 aromatic carbocycles. The molecule has 13 N–H and O–H groups in total. The maximum Gasteiger partial charge on any atom is 0.311 e. The number of carbonyl (C=O) groups excluding carboxylic acids is 1. The summed E-state index contributed by atoms with van der Waals surface area (Å²) in [6.45, 7) is 6.65. The first-order valence-electron chi connectivity index (χ1n) is 27.2. The molecule has 0 amide bonds. The van der Waals surface area contributed by atoms with E-state index in [1.165, 1.54) is 11.1 Å². The van der Waals surface area contributed by atoms with Crippen LogP contribution in [-0.2, 0) is 52.2 Å². The van der Waals surface area contributed by atoms with Gasteiger partial charge in [-0.3, -0.25) is 4.79 Å². The molecular weight excluding hydrogens is 1010 g/mol. The van der Waals surface area contributed by atoms with Crippen LogP contribution < -0.4 is 0 Å². The number of hydrogen-bond acceptors (Lipinski definition) is 24. The molecule has 4 aliphatic carbocycles. The molecule has 0 bridgehead atoms. The fraction of sp³-hybridized carbons (Fsp3) is 0.942. The minimum absolute atomic E-state index is 0.158. The molecule has 76 heavy (non-hydrogen) atoms. The summed E-state index contributed by atoms with van der Waals surface area (Å²) >= 11 is 0. The molecule has 6 saturated heterocycles. The fourth-order valence-corrected chi connectivity index (χ4v) is 16.3. The third-order valence-corrected chi connectivity index (χ3v) is 20.9. The minimum atomic E-state index is -2.15. The lowest BCUT2D eigenvalue weighted by atomic mass is 9.42. The zero-order chi connectivity index (χ0) is 54.9. The van der Waals surface area contributed by atoms with Crippen LogP contribution in [0.5, 0.6) is 0 Å². The second-order valence-electron chi connectivity index (χ2n) is 24.8. The van der Waals surface area contributed by atoms with E-state index in [2.05, 4.69) is 27.7 Å². The summed E-state index contributed by atoms with van der Waals surface area (Å²) < 4.78 is 60.4. The van der Waals surface area contributed by atoms with Crippen molar-refractivity contribution in [2.75, 3.05) is 46.2 Å². The van der Waals surface area contributed by atoms with Gasteiger partial charge >= 0.3 is 5.97 Å². The average molecular weight is 1090 g/mol. The zero-order valence-corrected chi connectivity index (χ0v) is 43.9. The third kappa shape index (κ3) is 8.64. The Balaban J connectivity index is 0.840. The lowest BCUT2D eigenvalue weighted by Gasteiger charge is -2.64. The van der Waals surface area contributed by atoms with Crippen LogP contribution in [0.25, 0.3) is 0 Å². The Morgan fingerprint density at radius 3 is 2.00 bits per heavy atom. The van der Waals surface area contributed by atoms with Crippen LogP contribution in [0.15, 0.2) is 11.1 Å². The molecule has 6 aliphatic heterocycles. The quantitative estimate of drug-likeness (QED) is 0.0649. The van der Waals surface area contributed by atoms with Gasteiger partial charge in [0.05, 0.1) is 63.9 Å². The summed E-state index contributed by atoms with van der Waals surface area (Å²) in [5.41, 5.74) is -2.12. The van der Waals surface area contributed by atoms with Crippen LogP contribution in [0.1, 0.15) is 98.8 Å². The van der Waals surface area contributed by atoms with Crippen molar-refractivity contribution in [1.29, 1.82) is 0 Å². The Kier molecular flexibility index (Phi) is 15.6. The molecule has 24 heteroatoms. The van der Waals surface area contributed by atoms with E-state index in [1.807, 2.05) is 6.92 Å². The van der Waals surface area contributed by atoms with E-state index in [9.17, 15) is 71.2 Å². The first-order chi connectivity index (χ1) is 35.9. The van der Waals surface area contributed by atoms with E-state index in [-0.39, 0.29) is 34.6 Å². The van der Waals surface area contributed by atoms with Crippen molar-refractivity contribution < 1.29 is 119 Å². The summed E-state index contributed by atoms with van der Waals surface area (Å²) in [7, 11) is 0. The van der Waals surface area contributed by atoms with Crippen molar-refractivity contribution in [3.8, 4) is 0 Å². The van der Waals surface area contributed by atoms with E-state index < -0.39 is 179 Å². The van der Waals surface area contributed by atoms with Crippen molar-refractivity contribution >= 4 is 5.97 Å². The highest BCUT2D eigenvalue weighted by Gasteiger charge is 2.75. The third-order valence-electron chi connectivity index (χ3n) is 20.9. The zero-order valence-electron chi connectivity index (χ0n) is 43.9. The molecule has 24 nitrogen and oxygen atoms in total. The number of allylic oxidation sites excluding steroid dienone is 2. The van der Waals surface area contributed by atoms with E-state index in [0.717, 1.165) is 25.7 Å². The highest BCUT2D eigenvalue weighted by atomic mass is 16.8. The smallest absolute Gasteiger partial charge is 0.311 e. The van der Waals surface area contributed by atoms with E-state index in [4.69, 9.17) is 47.4 Å². The number of ether oxygens (including phenoxy) is 10. The van der Waals surface area contributed by atoms with Crippen LogP contribution in [0.4, 0.5) is 0 Å². The van der Waals surface area contributed by atoms with Gasteiger partial charge in [0, 0.05) is 23.7 Å². The molecule has 10 rings (SSSR count). The number of hydrogen-bond donors (Lipinski definition) is 13. The molecule has 26 atom stereocenters. The van der Waals surface area contributed by atoms with Gasteiger partial charge in [0.25, 0.3) is 0 Å². The molecule has 0 unspecified atom stereocenters. The largest absolute Gasteiger partial charge is 0.433 e. The van der Waals surface area contributed by atoms with Crippen LogP contribution in [0.2, 0.25) is 0 Å².